The Hall–Kier alpha value is -2.85. The number of aromatic nitrogens is 3. The highest BCUT2D eigenvalue weighted by Crippen LogP contribution is 2.50. The Kier molecular flexibility index (Phi) is 5.01. The number of hydrogen-bond donors (Lipinski definition) is 2. The summed E-state index contributed by atoms with van der Waals surface area (Å²) in [4.78, 5) is 45.8. The lowest BCUT2D eigenvalue weighted by Gasteiger charge is -2.17. The average Bonchev–Trinajstić information content (AvgIpc) is 3.08. The summed E-state index contributed by atoms with van der Waals surface area (Å²) in [5, 5.41) is 16.7. The largest absolute Gasteiger partial charge is 0.476 e. The first-order valence-corrected chi connectivity index (χ1v) is 12.3. The van der Waals surface area contributed by atoms with Crippen LogP contribution in [0.2, 0.25) is 0 Å². The van der Waals surface area contributed by atoms with Crippen LogP contribution in [0.1, 0.15) is 70.2 Å². The van der Waals surface area contributed by atoms with Gasteiger partial charge in [-0.1, -0.05) is 13.8 Å². The third kappa shape index (κ3) is 3.57. The van der Waals surface area contributed by atoms with Gasteiger partial charge >= 0.3 is 5.97 Å². The lowest BCUT2D eigenvalue weighted by atomic mass is 9.97. The van der Waals surface area contributed by atoms with E-state index in [1.165, 1.54) is 28.1 Å². The van der Waals surface area contributed by atoms with E-state index in [0.29, 0.717) is 33.6 Å². The maximum absolute atomic E-state index is 13.2. The van der Waals surface area contributed by atoms with Crippen LogP contribution in [0, 0.1) is 5.92 Å². The van der Waals surface area contributed by atoms with Gasteiger partial charge in [0.15, 0.2) is 5.69 Å². The van der Waals surface area contributed by atoms with Crippen molar-refractivity contribution in [1.29, 1.82) is 0 Å². The van der Waals surface area contributed by atoms with Gasteiger partial charge in [-0.15, -0.1) is 22.7 Å². The Morgan fingerprint density at radius 1 is 1.25 bits per heavy atom. The molecule has 5 rings (SSSR count). The van der Waals surface area contributed by atoms with E-state index in [0.717, 1.165) is 30.5 Å². The third-order valence-electron chi connectivity index (χ3n) is 6.01. The summed E-state index contributed by atoms with van der Waals surface area (Å²) in [6, 6.07) is 1.62. The van der Waals surface area contributed by atoms with Gasteiger partial charge in [0.25, 0.3) is 11.5 Å². The fraction of sp³-hybridized carbons (Fsp3) is 0.409. The monoisotopic (exact) mass is 470 g/mol. The predicted molar refractivity (Wildman–Crippen MR) is 122 cm³/mol. The van der Waals surface area contributed by atoms with Crippen molar-refractivity contribution in [2.75, 3.05) is 0 Å². The molecule has 0 saturated heterocycles. The molecule has 166 valence electrons. The van der Waals surface area contributed by atoms with E-state index in [9.17, 15) is 14.4 Å². The Balaban J connectivity index is 1.52. The van der Waals surface area contributed by atoms with Gasteiger partial charge < -0.3 is 15.0 Å². The third-order valence-corrected chi connectivity index (χ3v) is 7.71. The lowest BCUT2D eigenvalue weighted by molar-refractivity contribution is 0.0691. The molecule has 1 aliphatic heterocycles. The summed E-state index contributed by atoms with van der Waals surface area (Å²) in [7, 11) is 0. The van der Waals surface area contributed by atoms with Gasteiger partial charge in [0, 0.05) is 22.5 Å². The molecule has 3 aromatic heterocycles. The maximum Gasteiger partial charge on any atom is 0.355 e. The van der Waals surface area contributed by atoms with Crippen LogP contribution in [-0.2, 0) is 18.5 Å². The van der Waals surface area contributed by atoms with E-state index in [2.05, 4.69) is 29.1 Å². The number of carbonyl (C=O) groups is 2. The molecule has 1 aliphatic carbocycles. The first kappa shape index (κ1) is 21.0. The van der Waals surface area contributed by atoms with Crippen molar-refractivity contribution in [1.82, 2.24) is 19.9 Å². The number of amides is 1. The van der Waals surface area contributed by atoms with Gasteiger partial charge in [-0.3, -0.25) is 9.59 Å². The molecule has 1 spiro atoms. The van der Waals surface area contributed by atoms with E-state index >= 15 is 0 Å². The molecule has 1 amide bonds. The quantitative estimate of drug-likeness (QED) is 0.546. The molecule has 0 aromatic carbocycles. The van der Waals surface area contributed by atoms with Crippen LogP contribution in [0.5, 0.6) is 0 Å². The Bertz CT molecular complexity index is 1300. The number of carboxylic acid groups (broad SMARTS) is 1. The molecule has 2 aliphatic rings. The zero-order valence-corrected chi connectivity index (χ0v) is 19.3. The molecule has 8 nitrogen and oxygen atoms in total. The number of carboxylic acids is 1. The van der Waals surface area contributed by atoms with Crippen molar-refractivity contribution >= 4 is 34.6 Å². The average molecular weight is 471 g/mol. The normalized spacial score (nSPS) is 15.9. The van der Waals surface area contributed by atoms with Crippen molar-refractivity contribution in [3.8, 4) is 10.7 Å². The number of nitrogens with zero attached hydrogens (tertiary/aromatic N) is 3. The SMILES string of the molecule is CC(C)CCc1c2c(cc(=O)n1Cc1nc(-c3nc(C(=O)O)cs3)cs1)C1(CC1)NC2=O. The van der Waals surface area contributed by atoms with Crippen LogP contribution in [0.4, 0.5) is 0 Å². The van der Waals surface area contributed by atoms with Crippen molar-refractivity contribution in [3.05, 3.63) is 54.7 Å². The van der Waals surface area contributed by atoms with Crippen LogP contribution >= 0.6 is 22.7 Å². The standard InChI is InChI=1S/C22H22N4O4S2/c1-11(2)3-4-15-18-12(22(5-6-22)25-19(18)28)7-17(27)26(15)8-16-23-13(9-31-16)20-24-14(10-32-20)21(29)30/h7,9-11H,3-6,8H2,1-2H3,(H,25,28)(H,29,30). The smallest absolute Gasteiger partial charge is 0.355 e. The van der Waals surface area contributed by atoms with Crippen LogP contribution < -0.4 is 10.9 Å². The molecule has 3 aromatic rings. The minimum absolute atomic E-state index is 0.00891. The fourth-order valence-corrected chi connectivity index (χ4v) is 5.75. The number of aromatic carboxylic acids is 1. The molecule has 10 heteroatoms. The van der Waals surface area contributed by atoms with Crippen molar-refractivity contribution in [2.24, 2.45) is 5.92 Å². The molecule has 0 unspecified atom stereocenters. The molecule has 0 radical (unpaired) electrons. The van der Waals surface area contributed by atoms with E-state index in [4.69, 9.17) is 5.11 Å². The second kappa shape index (κ2) is 7.63. The number of carbonyl (C=O) groups excluding carboxylic acids is 1. The number of hydrogen-bond acceptors (Lipinski definition) is 7. The van der Waals surface area contributed by atoms with Crippen molar-refractivity contribution in [3.63, 3.8) is 0 Å². The highest BCUT2D eigenvalue weighted by Gasteiger charge is 2.53. The van der Waals surface area contributed by atoms with Crippen LogP contribution in [0.15, 0.2) is 21.6 Å². The van der Waals surface area contributed by atoms with Gasteiger partial charge in [-0.25, -0.2) is 14.8 Å². The molecule has 0 atom stereocenters. The number of pyridine rings is 1. The first-order valence-electron chi connectivity index (χ1n) is 10.5. The van der Waals surface area contributed by atoms with E-state index in [1.54, 1.807) is 10.6 Å². The summed E-state index contributed by atoms with van der Waals surface area (Å²) < 4.78 is 1.68. The summed E-state index contributed by atoms with van der Waals surface area (Å²) in [5.41, 5.74) is 2.42. The van der Waals surface area contributed by atoms with Gasteiger partial charge in [0.1, 0.15) is 15.7 Å². The van der Waals surface area contributed by atoms with Gasteiger partial charge in [-0.2, -0.15) is 0 Å². The summed E-state index contributed by atoms with van der Waals surface area (Å²) in [6.45, 7) is 4.52. The lowest BCUT2D eigenvalue weighted by Crippen LogP contribution is -2.27. The highest BCUT2D eigenvalue weighted by molar-refractivity contribution is 7.14. The molecule has 2 N–H and O–H groups in total. The summed E-state index contributed by atoms with van der Waals surface area (Å²) >= 11 is 2.62. The van der Waals surface area contributed by atoms with Crippen LogP contribution in [0.3, 0.4) is 0 Å². The second-order valence-electron chi connectivity index (χ2n) is 8.74. The van der Waals surface area contributed by atoms with Gasteiger partial charge in [0.2, 0.25) is 0 Å². The topological polar surface area (TPSA) is 114 Å². The van der Waals surface area contributed by atoms with Crippen molar-refractivity contribution < 1.29 is 14.7 Å². The fourth-order valence-electron chi connectivity index (χ4n) is 4.16. The zero-order valence-electron chi connectivity index (χ0n) is 17.7. The first-order chi connectivity index (χ1) is 15.3. The number of nitrogens with one attached hydrogen (secondary N) is 1. The Morgan fingerprint density at radius 2 is 2.03 bits per heavy atom. The van der Waals surface area contributed by atoms with E-state index < -0.39 is 5.97 Å². The van der Waals surface area contributed by atoms with Gasteiger partial charge in [-0.05, 0) is 37.2 Å². The van der Waals surface area contributed by atoms with Gasteiger partial charge in [0.05, 0.1) is 17.6 Å². The van der Waals surface area contributed by atoms with E-state index in [-0.39, 0.29) is 29.2 Å². The maximum atomic E-state index is 13.2. The molecule has 4 heterocycles. The Labute approximate surface area is 192 Å². The molecule has 32 heavy (non-hydrogen) atoms. The Morgan fingerprint density at radius 3 is 2.69 bits per heavy atom. The molecule has 0 bridgehead atoms. The van der Waals surface area contributed by atoms with Crippen LogP contribution in [-0.4, -0.2) is 31.5 Å². The summed E-state index contributed by atoms with van der Waals surface area (Å²) in [6.07, 6.45) is 3.27. The number of rotatable bonds is 7. The highest BCUT2D eigenvalue weighted by atomic mass is 32.1. The molecular weight excluding hydrogens is 448 g/mol. The molecule has 1 saturated carbocycles. The summed E-state index contributed by atoms with van der Waals surface area (Å²) in [5.74, 6) is -0.725. The predicted octanol–water partition coefficient (Wildman–Crippen LogP) is 3.50. The van der Waals surface area contributed by atoms with Crippen molar-refractivity contribution in [2.45, 2.75) is 51.6 Å². The minimum atomic E-state index is -1.07. The number of thiazole rings is 2. The van der Waals surface area contributed by atoms with E-state index in [1.807, 2.05) is 5.38 Å². The zero-order chi connectivity index (χ0) is 22.6. The number of fused-ring (bicyclic) bond motifs is 2. The second-order valence-corrected chi connectivity index (χ2v) is 10.5. The molecule has 1 fully saturated rings. The minimum Gasteiger partial charge on any atom is -0.476 e. The van der Waals surface area contributed by atoms with Crippen LogP contribution in [0.25, 0.3) is 10.7 Å². The molecular formula is C22H22N4O4S2.